The number of rotatable bonds is 4. The molecule has 0 bridgehead atoms. The van der Waals surface area contributed by atoms with Gasteiger partial charge in [-0.2, -0.15) is 4.31 Å². The molecule has 1 atom stereocenters. The van der Waals surface area contributed by atoms with Gasteiger partial charge in [0, 0.05) is 43.3 Å². The number of piperidine rings is 1. The molecule has 176 valence electrons. The van der Waals surface area contributed by atoms with Gasteiger partial charge in [0.25, 0.3) is 0 Å². The molecule has 0 aromatic heterocycles. The molecule has 1 N–H and O–H groups in total. The second-order valence-corrected chi connectivity index (χ2v) is 11.2. The molecular formula is C25H31N3O4S. The normalized spacial score (nSPS) is 19.4. The van der Waals surface area contributed by atoms with E-state index >= 15 is 0 Å². The van der Waals surface area contributed by atoms with Gasteiger partial charge in [-0.15, -0.1) is 0 Å². The second-order valence-electron chi connectivity index (χ2n) is 9.22. The van der Waals surface area contributed by atoms with Crippen molar-refractivity contribution in [2.24, 2.45) is 5.92 Å². The highest BCUT2D eigenvalue weighted by Crippen LogP contribution is 2.35. The summed E-state index contributed by atoms with van der Waals surface area (Å²) in [5.74, 6) is -0.324. The fourth-order valence-corrected chi connectivity index (χ4v) is 6.46. The molecule has 2 aliphatic rings. The lowest BCUT2D eigenvalue weighted by atomic mass is 9.97. The molecule has 8 heteroatoms. The number of nitrogens with zero attached hydrogens (tertiary/aromatic N) is 2. The molecule has 0 saturated carbocycles. The molecule has 33 heavy (non-hydrogen) atoms. The molecule has 2 aromatic rings. The van der Waals surface area contributed by atoms with Crippen LogP contribution in [0, 0.1) is 19.8 Å². The van der Waals surface area contributed by atoms with Crippen LogP contribution in [0.4, 0.5) is 11.4 Å². The number of anilines is 2. The Morgan fingerprint density at radius 2 is 1.73 bits per heavy atom. The Bertz CT molecular complexity index is 1200. The Morgan fingerprint density at radius 1 is 1.03 bits per heavy atom. The van der Waals surface area contributed by atoms with Gasteiger partial charge in [0.1, 0.15) is 0 Å². The Labute approximate surface area is 195 Å². The summed E-state index contributed by atoms with van der Waals surface area (Å²) in [6, 6.07) is 10.9. The van der Waals surface area contributed by atoms with Gasteiger partial charge in [-0.1, -0.05) is 17.7 Å². The molecule has 0 spiro atoms. The highest BCUT2D eigenvalue weighted by Gasteiger charge is 2.34. The predicted molar refractivity (Wildman–Crippen MR) is 129 cm³/mol. The number of aryl methyl sites for hydroxylation is 2. The van der Waals surface area contributed by atoms with Gasteiger partial charge in [0.05, 0.1) is 4.90 Å². The zero-order valence-electron chi connectivity index (χ0n) is 19.6. The van der Waals surface area contributed by atoms with Gasteiger partial charge in [-0.3, -0.25) is 9.59 Å². The maximum Gasteiger partial charge on any atom is 0.243 e. The molecule has 0 aliphatic carbocycles. The standard InChI is InChI=1S/C25H31N3O4S/c1-16-5-7-23(17(2)13-16)26-25(30)20-9-11-27(12-10-20)33(31,32)22-6-8-24-21(15-22)14-18(3)28(24)19(4)29/h5-8,13,15,18,20H,9-12,14H2,1-4H3,(H,26,30)/t18-/m1/s1. The minimum atomic E-state index is -3.66. The number of fused-ring (bicyclic) bond motifs is 1. The Hall–Kier alpha value is -2.71. The number of nitrogens with one attached hydrogen (secondary N) is 1. The van der Waals surface area contributed by atoms with E-state index in [2.05, 4.69) is 5.32 Å². The van der Waals surface area contributed by atoms with Gasteiger partial charge < -0.3 is 10.2 Å². The average molecular weight is 470 g/mol. The third-order valence-electron chi connectivity index (χ3n) is 6.71. The summed E-state index contributed by atoms with van der Waals surface area (Å²) in [4.78, 5) is 26.7. The number of carbonyl (C=O) groups is 2. The van der Waals surface area contributed by atoms with Crippen molar-refractivity contribution in [3.8, 4) is 0 Å². The summed E-state index contributed by atoms with van der Waals surface area (Å²) in [6.45, 7) is 8.07. The van der Waals surface area contributed by atoms with Gasteiger partial charge in [-0.05, 0) is 75.4 Å². The first kappa shape index (κ1) is 23.4. The number of benzene rings is 2. The van der Waals surface area contributed by atoms with Crippen molar-refractivity contribution in [2.45, 2.75) is 57.9 Å². The molecule has 0 unspecified atom stereocenters. The Kier molecular flexibility index (Phi) is 6.33. The molecule has 1 fully saturated rings. The van der Waals surface area contributed by atoms with Crippen LogP contribution >= 0.6 is 0 Å². The number of amides is 2. The van der Waals surface area contributed by atoms with E-state index in [4.69, 9.17) is 0 Å². The Balaban J connectivity index is 1.43. The zero-order valence-corrected chi connectivity index (χ0v) is 20.4. The molecule has 4 rings (SSSR count). The first-order valence-electron chi connectivity index (χ1n) is 11.4. The lowest BCUT2D eigenvalue weighted by Crippen LogP contribution is -2.41. The smallest absolute Gasteiger partial charge is 0.243 e. The van der Waals surface area contributed by atoms with Crippen LogP contribution in [-0.4, -0.2) is 43.7 Å². The van der Waals surface area contributed by atoms with Crippen LogP contribution < -0.4 is 10.2 Å². The van der Waals surface area contributed by atoms with E-state index in [1.165, 1.54) is 11.2 Å². The minimum absolute atomic E-state index is 0.0156. The highest BCUT2D eigenvalue weighted by molar-refractivity contribution is 7.89. The van der Waals surface area contributed by atoms with E-state index in [0.717, 1.165) is 28.1 Å². The number of hydrogen-bond donors (Lipinski definition) is 1. The topological polar surface area (TPSA) is 86.8 Å². The summed E-state index contributed by atoms with van der Waals surface area (Å²) in [7, 11) is -3.66. The average Bonchev–Trinajstić information content (AvgIpc) is 3.10. The van der Waals surface area contributed by atoms with Gasteiger partial charge in [0.15, 0.2) is 0 Å². The SMILES string of the molecule is CC(=O)N1c2ccc(S(=O)(=O)N3CCC(C(=O)Nc4ccc(C)cc4C)CC3)cc2C[C@H]1C. The third-order valence-corrected chi connectivity index (χ3v) is 8.60. The molecule has 2 amide bonds. The largest absolute Gasteiger partial charge is 0.326 e. The van der Waals surface area contributed by atoms with E-state index in [-0.39, 0.29) is 28.7 Å². The van der Waals surface area contributed by atoms with Gasteiger partial charge in [-0.25, -0.2) is 8.42 Å². The summed E-state index contributed by atoms with van der Waals surface area (Å²) in [5.41, 5.74) is 4.61. The fraction of sp³-hybridized carbons (Fsp3) is 0.440. The molecule has 2 heterocycles. The van der Waals surface area contributed by atoms with Crippen molar-refractivity contribution in [1.29, 1.82) is 0 Å². The molecule has 2 aromatic carbocycles. The van der Waals surface area contributed by atoms with E-state index in [9.17, 15) is 18.0 Å². The van der Waals surface area contributed by atoms with Crippen LogP contribution in [0.15, 0.2) is 41.3 Å². The number of sulfonamides is 1. The van der Waals surface area contributed by atoms with E-state index < -0.39 is 10.0 Å². The lowest BCUT2D eigenvalue weighted by molar-refractivity contribution is -0.121. The summed E-state index contributed by atoms with van der Waals surface area (Å²) >= 11 is 0. The van der Waals surface area contributed by atoms with Crippen molar-refractivity contribution in [3.05, 3.63) is 53.1 Å². The Morgan fingerprint density at radius 3 is 2.36 bits per heavy atom. The fourth-order valence-electron chi connectivity index (χ4n) is 4.94. The van der Waals surface area contributed by atoms with Crippen molar-refractivity contribution >= 4 is 33.2 Å². The zero-order chi connectivity index (χ0) is 23.9. The number of carbonyl (C=O) groups excluding carboxylic acids is 2. The first-order valence-corrected chi connectivity index (χ1v) is 12.8. The molecule has 0 radical (unpaired) electrons. The van der Waals surface area contributed by atoms with Crippen molar-refractivity contribution in [1.82, 2.24) is 4.31 Å². The minimum Gasteiger partial charge on any atom is -0.326 e. The quantitative estimate of drug-likeness (QED) is 0.741. The molecule has 7 nitrogen and oxygen atoms in total. The second kappa shape index (κ2) is 8.91. The van der Waals surface area contributed by atoms with Crippen LogP contribution in [-0.2, 0) is 26.0 Å². The molecular weight excluding hydrogens is 438 g/mol. The molecule has 2 aliphatic heterocycles. The maximum absolute atomic E-state index is 13.3. The summed E-state index contributed by atoms with van der Waals surface area (Å²) < 4.78 is 28.0. The maximum atomic E-state index is 13.3. The van der Waals surface area contributed by atoms with Crippen LogP contribution in [0.25, 0.3) is 0 Å². The van der Waals surface area contributed by atoms with Gasteiger partial charge >= 0.3 is 0 Å². The predicted octanol–water partition coefficient (Wildman–Crippen LogP) is 3.64. The monoisotopic (exact) mass is 469 g/mol. The highest BCUT2D eigenvalue weighted by atomic mass is 32.2. The van der Waals surface area contributed by atoms with Crippen LogP contribution in [0.1, 0.15) is 43.4 Å². The number of hydrogen-bond acceptors (Lipinski definition) is 4. The van der Waals surface area contributed by atoms with Crippen molar-refractivity contribution in [3.63, 3.8) is 0 Å². The van der Waals surface area contributed by atoms with E-state index in [0.29, 0.717) is 32.4 Å². The van der Waals surface area contributed by atoms with E-state index in [1.807, 2.05) is 39.0 Å². The lowest BCUT2D eigenvalue weighted by Gasteiger charge is -2.30. The van der Waals surface area contributed by atoms with E-state index in [1.54, 1.807) is 23.1 Å². The van der Waals surface area contributed by atoms with Gasteiger partial charge in [0.2, 0.25) is 21.8 Å². The summed E-state index contributed by atoms with van der Waals surface area (Å²) in [6.07, 6.45) is 1.60. The van der Waals surface area contributed by atoms with Crippen LogP contribution in [0.5, 0.6) is 0 Å². The van der Waals surface area contributed by atoms with Crippen LogP contribution in [0.3, 0.4) is 0 Å². The molecule has 1 saturated heterocycles. The van der Waals surface area contributed by atoms with Crippen molar-refractivity contribution < 1.29 is 18.0 Å². The van der Waals surface area contributed by atoms with Crippen molar-refractivity contribution in [2.75, 3.05) is 23.3 Å². The summed E-state index contributed by atoms with van der Waals surface area (Å²) in [5, 5.41) is 3.00. The third kappa shape index (κ3) is 4.54. The first-order chi connectivity index (χ1) is 15.6. The van der Waals surface area contributed by atoms with Crippen LogP contribution in [0.2, 0.25) is 0 Å².